The molecule has 0 bridgehead atoms. The van der Waals surface area contributed by atoms with Crippen LogP contribution in [-0.4, -0.2) is 94.2 Å². The second-order valence-electron chi connectivity index (χ2n) is 7.38. The van der Waals surface area contributed by atoms with Crippen molar-refractivity contribution in [2.24, 2.45) is 5.16 Å². The molecule has 2 atom stereocenters. The fraction of sp³-hybridized carbons (Fsp3) is 0.368. The van der Waals surface area contributed by atoms with Crippen LogP contribution in [0.4, 0.5) is 0 Å². The summed E-state index contributed by atoms with van der Waals surface area (Å²) < 4.78 is 2.65. The normalized spacial score (nSPS) is 21.1. The number of carboxylic acids is 1. The molecule has 1 fully saturated rings. The summed E-state index contributed by atoms with van der Waals surface area (Å²) in [5.74, 6) is 0.416. The van der Waals surface area contributed by atoms with Gasteiger partial charge in [0.15, 0.2) is 5.71 Å². The van der Waals surface area contributed by atoms with E-state index in [0.717, 1.165) is 11.9 Å². The zero-order valence-electron chi connectivity index (χ0n) is 19.6. The molecule has 1 aromatic rings. The van der Waals surface area contributed by atoms with Gasteiger partial charge in [-0.25, -0.2) is 9.48 Å². The lowest BCUT2D eigenvalue weighted by molar-refractivity contribution is -0.150. The van der Waals surface area contributed by atoms with Crippen LogP contribution < -0.4 is 16.2 Å². The number of carbonyl (C=O) groups is 4. The summed E-state index contributed by atoms with van der Waals surface area (Å²) in [5, 5.41) is 28.9. The highest BCUT2D eigenvalue weighted by Crippen LogP contribution is 2.41. The van der Waals surface area contributed by atoms with Gasteiger partial charge in [0.1, 0.15) is 30.3 Å². The number of hydrazine groups is 2. The van der Waals surface area contributed by atoms with Gasteiger partial charge in [0, 0.05) is 16.9 Å². The molecule has 200 valence electrons. The number of oxime groups is 1. The van der Waals surface area contributed by atoms with E-state index in [-0.39, 0.29) is 36.0 Å². The van der Waals surface area contributed by atoms with Gasteiger partial charge in [-0.05, 0) is 34.9 Å². The average Bonchev–Trinajstić information content (AvgIpc) is 3.55. The second kappa shape index (κ2) is 12.2. The van der Waals surface area contributed by atoms with Gasteiger partial charge < -0.3 is 15.3 Å². The number of fused-ring (bicyclic) bond motifs is 1. The summed E-state index contributed by atoms with van der Waals surface area (Å²) in [6.07, 6.45) is 5.75. The molecule has 0 aliphatic carbocycles. The molecule has 0 spiro atoms. The monoisotopic (exact) mass is 580 g/mol. The summed E-state index contributed by atoms with van der Waals surface area (Å²) >= 11 is 3.57. The highest BCUT2D eigenvalue weighted by molar-refractivity contribution is 8.01. The van der Waals surface area contributed by atoms with Gasteiger partial charge in [0.25, 0.3) is 11.8 Å². The van der Waals surface area contributed by atoms with Gasteiger partial charge in [-0.1, -0.05) is 27.4 Å². The van der Waals surface area contributed by atoms with E-state index >= 15 is 0 Å². The lowest BCUT2D eigenvalue weighted by Crippen LogP contribution is -2.71. The molecule has 16 nitrogen and oxygen atoms in total. The summed E-state index contributed by atoms with van der Waals surface area (Å²) in [4.78, 5) is 55.1. The number of aromatic nitrogens is 4. The van der Waals surface area contributed by atoms with Crippen LogP contribution in [-0.2, 0) is 30.6 Å². The van der Waals surface area contributed by atoms with Gasteiger partial charge in [0.2, 0.25) is 11.6 Å². The Kier molecular flexibility index (Phi) is 8.77. The molecule has 3 aliphatic heterocycles. The third-order valence-electron chi connectivity index (χ3n) is 5.08. The number of terminal acetylenes is 1. The topological polar surface area (TPSA) is 196 Å². The van der Waals surface area contributed by atoms with Crippen LogP contribution in [0.3, 0.4) is 0 Å². The van der Waals surface area contributed by atoms with Crippen molar-refractivity contribution in [2.75, 3.05) is 18.1 Å². The number of nitrogens with one attached hydrogen (secondary N) is 3. The van der Waals surface area contributed by atoms with E-state index in [0.29, 0.717) is 22.9 Å². The Morgan fingerprint density at radius 1 is 1.50 bits per heavy atom. The van der Waals surface area contributed by atoms with Crippen LogP contribution in [0.5, 0.6) is 0 Å². The Morgan fingerprint density at radius 2 is 2.32 bits per heavy atom. The lowest BCUT2D eigenvalue weighted by Gasteiger charge is -2.49. The highest BCUT2D eigenvalue weighted by Gasteiger charge is 2.54. The van der Waals surface area contributed by atoms with Gasteiger partial charge in [-0.3, -0.25) is 30.1 Å². The highest BCUT2D eigenvalue weighted by atomic mass is 32.2. The molecular formula is C19H20N10O6S3. The van der Waals surface area contributed by atoms with E-state index in [1.54, 1.807) is 6.92 Å². The van der Waals surface area contributed by atoms with E-state index < -0.39 is 29.2 Å². The fourth-order valence-electron chi connectivity index (χ4n) is 3.47. The van der Waals surface area contributed by atoms with Gasteiger partial charge >= 0.3 is 5.97 Å². The zero-order valence-corrected chi connectivity index (χ0v) is 22.0. The predicted molar refractivity (Wildman–Crippen MR) is 136 cm³/mol. The number of tetrazole rings is 1. The molecule has 0 saturated carbocycles. The van der Waals surface area contributed by atoms with Crippen molar-refractivity contribution in [3.8, 4) is 12.3 Å². The van der Waals surface area contributed by atoms with Crippen molar-refractivity contribution < 1.29 is 29.1 Å². The molecule has 1 aromatic heterocycles. The second-order valence-corrected chi connectivity index (χ2v) is 10.2. The van der Waals surface area contributed by atoms with E-state index in [4.69, 9.17) is 11.3 Å². The molecule has 19 heteroatoms. The summed E-state index contributed by atoms with van der Waals surface area (Å²) in [6.45, 7) is 2.03. The third-order valence-corrected chi connectivity index (χ3v) is 8.21. The van der Waals surface area contributed by atoms with Crippen LogP contribution in [0.25, 0.3) is 0 Å². The van der Waals surface area contributed by atoms with Gasteiger partial charge in [0.05, 0.1) is 5.70 Å². The van der Waals surface area contributed by atoms with E-state index in [1.807, 2.05) is 0 Å². The number of hydrogen-bond donors (Lipinski definition) is 4. The minimum absolute atomic E-state index is 0.136. The van der Waals surface area contributed by atoms with Crippen LogP contribution in [0.1, 0.15) is 6.92 Å². The largest absolute Gasteiger partial charge is 0.477 e. The summed E-state index contributed by atoms with van der Waals surface area (Å²) in [6, 6.07) is -0.982. The zero-order chi connectivity index (χ0) is 27.2. The van der Waals surface area contributed by atoms with Crippen molar-refractivity contribution in [3.05, 3.63) is 22.4 Å². The molecule has 4 N–H and O–H groups in total. The Morgan fingerprint density at radius 3 is 3.03 bits per heavy atom. The third kappa shape index (κ3) is 5.57. The molecule has 3 aliphatic rings. The first-order valence-corrected chi connectivity index (χ1v) is 13.6. The molecule has 1 saturated heterocycles. The van der Waals surface area contributed by atoms with Gasteiger partial charge in [-0.15, -0.1) is 23.3 Å². The van der Waals surface area contributed by atoms with Crippen LogP contribution in [0.2, 0.25) is 0 Å². The van der Waals surface area contributed by atoms with Crippen molar-refractivity contribution in [3.63, 3.8) is 0 Å². The molecule has 0 aromatic carbocycles. The quantitative estimate of drug-likeness (QED) is 0.0424. The SMILES string of the molecule is C#CCn1nnnc1SCC1=C(C(=O)O)N2C(=O)C(NC(=O)C(=NOCC)C3=CSN(NC=O)N3)[C@@H]2SC1. The maximum absolute atomic E-state index is 13.1. The number of β-lactam (4-membered cyclic amide) rings is 1. The maximum atomic E-state index is 13.1. The Labute approximate surface area is 228 Å². The van der Waals surface area contributed by atoms with Crippen LogP contribution in [0.15, 0.2) is 32.7 Å². The number of nitrogens with zero attached hydrogens (tertiary/aromatic N) is 7. The number of aliphatic carboxylic acids is 1. The number of carboxylic acid groups (broad SMARTS) is 1. The lowest BCUT2D eigenvalue weighted by atomic mass is 10.0. The Bertz CT molecular complexity index is 1270. The molecule has 1 unspecified atom stereocenters. The van der Waals surface area contributed by atoms with Crippen molar-refractivity contribution in [1.82, 2.24) is 45.8 Å². The number of carbonyl (C=O) groups excluding carboxylic acids is 3. The number of rotatable bonds is 12. The maximum Gasteiger partial charge on any atom is 0.352 e. The molecule has 0 radical (unpaired) electrons. The first-order chi connectivity index (χ1) is 18.4. The predicted octanol–water partition coefficient (Wildman–Crippen LogP) is -1.50. The smallest absolute Gasteiger partial charge is 0.352 e. The molecule has 4 heterocycles. The van der Waals surface area contributed by atoms with E-state index in [1.165, 1.54) is 43.0 Å². The van der Waals surface area contributed by atoms with Crippen molar-refractivity contribution in [1.29, 1.82) is 0 Å². The number of hydrogen-bond acceptors (Lipinski definition) is 14. The Balaban J connectivity index is 1.46. The van der Waals surface area contributed by atoms with E-state index in [2.05, 4.69) is 42.8 Å². The standard InChI is InChI=1S/C19H20N10O6S3/c1-3-5-27-19(22-25-26-27)37-7-10-6-36-17-13(16(32)28(17)14(10)18(33)34)21-15(31)12(24-35-4-2)11-8-38-29(23-11)20-9-30/h1,8-9,13,17,23H,4-7H2,2H3,(H,20,30)(H,21,31)(H,33,34)/t13?,17-/m0/s1. The molecule has 3 amide bonds. The minimum Gasteiger partial charge on any atom is -0.477 e. The number of amides is 3. The molecule has 4 rings (SSSR count). The molecular weight excluding hydrogens is 560 g/mol. The first kappa shape index (κ1) is 27.3. The number of thioether (sulfide) groups is 2. The van der Waals surface area contributed by atoms with Gasteiger partial charge in [-0.2, -0.15) is 0 Å². The minimum atomic E-state index is -1.26. The fourth-order valence-corrected chi connectivity index (χ4v) is 6.46. The van der Waals surface area contributed by atoms with Crippen LogP contribution in [0, 0.1) is 12.3 Å². The average molecular weight is 581 g/mol. The Hall–Kier alpha value is -3.73. The summed E-state index contributed by atoms with van der Waals surface area (Å²) in [7, 11) is 0. The van der Waals surface area contributed by atoms with E-state index in [9.17, 15) is 24.3 Å². The first-order valence-electron chi connectivity index (χ1n) is 10.8. The summed E-state index contributed by atoms with van der Waals surface area (Å²) in [5.41, 5.74) is 5.56. The van der Waals surface area contributed by atoms with Crippen LogP contribution >= 0.6 is 35.5 Å². The van der Waals surface area contributed by atoms with Crippen molar-refractivity contribution in [2.45, 2.75) is 30.0 Å². The van der Waals surface area contributed by atoms with Crippen molar-refractivity contribution >= 4 is 65.4 Å². The molecule has 38 heavy (non-hydrogen) atoms.